The number of rotatable bonds is 3. The Kier molecular flexibility index (Phi) is 4.45. The zero-order chi connectivity index (χ0) is 15.6. The second-order valence-corrected chi connectivity index (χ2v) is 4.86. The molecule has 0 saturated heterocycles. The SMILES string of the molecule is O=C(Nc1cccc(Cl)c1C(=O)O)c1ccc(Cl)c(F)c1. The molecule has 2 N–H and O–H groups in total. The molecule has 0 aliphatic heterocycles. The van der Waals surface area contributed by atoms with Gasteiger partial charge in [-0.2, -0.15) is 0 Å². The van der Waals surface area contributed by atoms with Gasteiger partial charge in [0.2, 0.25) is 0 Å². The van der Waals surface area contributed by atoms with E-state index in [1.165, 1.54) is 30.3 Å². The third kappa shape index (κ3) is 3.32. The van der Waals surface area contributed by atoms with Crippen molar-refractivity contribution in [3.63, 3.8) is 0 Å². The molecule has 0 saturated carbocycles. The number of halogens is 3. The monoisotopic (exact) mass is 327 g/mol. The van der Waals surface area contributed by atoms with E-state index < -0.39 is 17.7 Å². The number of carbonyl (C=O) groups is 2. The fourth-order valence-electron chi connectivity index (χ4n) is 1.68. The van der Waals surface area contributed by atoms with Gasteiger partial charge in [-0.15, -0.1) is 0 Å². The molecule has 2 aromatic rings. The van der Waals surface area contributed by atoms with Crippen molar-refractivity contribution >= 4 is 40.8 Å². The van der Waals surface area contributed by atoms with Gasteiger partial charge >= 0.3 is 5.97 Å². The van der Waals surface area contributed by atoms with Crippen LogP contribution in [0.25, 0.3) is 0 Å². The van der Waals surface area contributed by atoms with Crippen LogP contribution < -0.4 is 5.32 Å². The summed E-state index contributed by atoms with van der Waals surface area (Å²) >= 11 is 11.3. The number of amides is 1. The molecule has 0 atom stereocenters. The van der Waals surface area contributed by atoms with E-state index in [0.717, 1.165) is 6.07 Å². The van der Waals surface area contributed by atoms with Crippen molar-refractivity contribution in [3.8, 4) is 0 Å². The fourth-order valence-corrected chi connectivity index (χ4v) is 2.05. The van der Waals surface area contributed by atoms with Crippen LogP contribution >= 0.6 is 23.2 Å². The highest BCUT2D eigenvalue weighted by Gasteiger charge is 2.17. The van der Waals surface area contributed by atoms with Gasteiger partial charge in [-0.1, -0.05) is 29.3 Å². The van der Waals surface area contributed by atoms with E-state index >= 15 is 0 Å². The average Bonchev–Trinajstić information content (AvgIpc) is 2.41. The molecule has 1 amide bonds. The number of anilines is 1. The van der Waals surface area contributed by atoms with Gasteiger partial charge in [0.05, 0.1) is 15.7 Å². The molecule has 4 nitrogen and oxygen atoms in total. The highest BCUT2D eigenvalue weighted by atomic mass is 35.5. The van der Waals surface area contributed by atoms with Gasteiger partial charge in [0.15, 0.2) is 0 Å². The van der Waals surface area contributed by atoms with Crippen molar-refractivity contribution in [1.82, 2.24) is 0 Å². The van der Waals surface area contributed by atoms with E-state index in [1.54, 1.807) is 0 Å². The molecular formula is C14H8Cl2FNO3. The number of carbonyl (C=O) groups excluding carboxylic acids is 1. The maximum atomic E-state index is 13.3. The highest BCUT2D eigenvalue weighted by molar-refractivity contribution is 6.34. The molecule has 0 radical (unpaired) electrons. The molecule has 0 aliphatic rings. The zero-order valence-electron chi connectivity index (χ0n) is 10.4. The molecule has 0 bridgehead atoms. The third-order valence-corrected chi connectivity index (χ3v) is 3.28. The predicted octanol–water partition coefficient (Wildman–Crippen LogP) is 4.08. The minimum absolute atomic E-state index is 0.00761. The molecule has 0 heterocycles. The van der Waals surface area contributed by atoms with Gasteiger partial charge in [0.1, 0.15) is 11.4 Å². The summed E-state index contributed by atoms with van der Waals surface area (Å²) in [5.74, 6) is -2.69. The summed E-state index contributed by atoms with van der Waals surface area (Å²) in [5, 5.41) is 11.4. The lowest BCUT2D eigenvalue weighted by Gasteiger charge is -2.10. The normalized spacial score (nSPS) is 10.2. The van der Waals surface area contributed by atoms with Crippen molar-refractivity contribution in [2.75, 3.05) is 5.32 Å². The summed E-state index contributed by atoms with van der Waals surface area (Å²) in [6.07, 6.45) is 0. The van der Waals surface area contributed by atoms with Gasteiger partial charge < -0.3 is 10.4 Å². The molecular weight excluding hydrogens is 320 g/mol. The van der Waals surface area contributed by atoms with Gasteiger partial charge in [0.25, 0.3) is 5.91 Å². The number of carboxylic acid groups (broad SMARTS) is 1. The second kappa shape index (κ2) is 6.11. The van der Waals surface area contributed by atoms with Crippen LogP contribution in [0, 0.1) is 5.82 Å². The van der Waals surface area contributed by atoms with Crippen molar-refractivity contribution in [1.29, 1.82) is 0 Å². The number of hydrogen-bond acceptors (Lipinski definition) is 2. The van der Waals surface area contributed by atoms with E-state index in [2.05, 4.69) is 5.32 Å². The summed E-state index contributed by atoms with van der Waals surface area (Å²) in [6, 6.07) is 7.80. The van der Waals surface area contributed by atoms with E-state index in [4.69, 9.17) is 28.3 Å². The predicted molar refractivity (Wildman–Crippen MR) is 77.8 cm³/mol. The first-order chi connectivity index (χ1) is 9.90. The Hall–Kier alpha value is -2.11. The highest BCUT2D eigenvalue weighted by Crippen LogP contribution is 2.25. The van der Waals surface area contributed by atoms with Crippen LogP contribution in [0.4, 0.5) is 10.1 Å². The van der Waals surface area contributed by atoms with Gasteiger partial charge in [0, 0.05) is 5.56 Å². The minimum atomic E-state index is -1.28. The molecule has 2 aromatic carbocycles. The van der Waals surface area contributed by atoms with Crippen molar-refractivity contribution in [3.05, 3.63) is 63.4 Å². The first kappa shape index (κ1) is 15.3. The van der Waals surface area contributed by atoms with E-state index in [9.17, 15) is 14.0 Å². The summed E-state index contributed by atoms with van der Waals surface area (Å²) in [4.78, 5) is 23.2. The Balaban J connectivity index is 2.34. The van der Waals surface area contributed by atoms with Crippen molar-refractivity contribution < 1.29 is 19.1 Å². The van der Waals surface area contributed by atoms with Crippen molar-refractivity contribution in [2.24, 2.45) is 0 Å². The zero-order valence-corrected chi connectivity index (χ0v) is 11.9. The Morgan fingerprint density at radius 1 is 1.10 bits per heavy atom. The topological polar surface area (TPSA) is 66.4 Å². The van der Waals surface area contributed by atoms with Crippen LogP contribution in [0.3, 0.4) is 0 Å². The van der Waals surface area contributed by atoms with Gasteiger partial charge in [-0.3, -0.25) is 4.79 Å². The third-order valence-electron chi connectivity index (χ3n) is 2.66. The number of carboxylic acids is 1. The first-order valence-corrected chi connectivity index (χ1v) is 6.44. The number of benzene rings is 2. The smallest absolute Gasteiger partial charge is 0.339 e. The molecule has 0 aromatic heterocycles. The molecule has 0 aliphatic carbocycles. The Bertz CT molecular complexity index is 734. The van der Waals surface area contributed by atoms with Gasteiger partial charge in [-0.25, -0.2) is 9.18 Å². The van der Waals surface area contributed by atoms with Crippen LogP contribution in [0.15, 0.2) is 36.4 Å². The molecule has 7 heteroatoms. The van der Waals surface area contributed by atoms with Crippen LogP contribution in [0.1, 0.15) is 20.7 Å². The Labute approximate surface area is 129 Å². The van der Waals surface area contributed by atoms with Crippen LogP contribution in [0.2, 0.25) is 10.0 Å². The summed E-state index contributed by atoms with van der Waals surface area (Å²) < 4.78 is 13.3. The fraction of sp³-hybridized carbons (Fsp3) is 0. The maximum absolute atomic E-state index is 13.3. The molecule has 2 rings (SSSR count). The van der Waals surface area contributed by atoms with E-state index in [1.807, 2.05) is 0 Å². The largest absolute Gasteiger partial charge is 0.478 e. The Morgan fingerprint density at radius 3 is 2.43 bits per heavy atom. The lowest BCUT2D eigenvalue weighted by atomic mass is 10.1. The van der Waals surface area contributed by atoms with Crippen LogP contribution in [0.5, 0.6) is 0 Å². The van der Waals surface area contributed by atoms with Crippen molar-refractivity contribution in [2.45, 2.75) is 0 Å². The number of hydrogen-bond donors (Lipinski definition) is 2. The average molecular weight is 328 g/mol. The molecule has 0 fully saturated rings. The van der Waals surface area contributed by atoms with E-state index in [-0.39, 0.29) is 26.9 Å². The summed E-state index contributed by atoms with van der Waals surface area (Å²) in [6.45, 7) is 0. The number of aromatic carboxylic acids is 1. The summed E-state index contributed by atoms with van der Waals surface area (Å²) in [5.41, 5.74) is -0.203. The molecule has 0 unspecified atom stereocenters. The summed E-state index contributed by atoms with van der Waals surface area (Å²) in [7, 11) is 0. The molecule has 21 heavy (non-hydrogen) atoms. The van der Waals surface area contributed by atoms with Gasteiger partial charge in [-0.05, 0) is 30.3 Å². The minimum Gasteiger partial charge on any atom is -0.478 e. The van der Waals surface area contributed by atoms with Crippen LogP contribution in [-0.4, -0.2) is 17.0 Å². The lowest BCUT2D eigenvalue weighted by Crippen LogP contribution is -2.15. The standard InChI is InChI=1S/C14H8Cl2FNO3/c15-8-5-4-7(6-10(8)17)13(19)18-11-3-1-2-9(16)12(11)14(20)21/h1-6H,(H,18,19)(H,20,21). The Morgan fingerprint density at radius 2 is 1.81 bits per heavy atom. The molecule has 0 spiro atoms. The second-order valence-electron chi connectivity index (χ2n) is 4.05. The maximum Gasteiger partial charge on any atom is 0.339 e. The lowest BCUT2D eigenvalue weighted by molar-refractivity contribution is 0.0698. The quantitative estimate of drug-likeness (QED) is 0.892. The van der Waals surface area contributed by atoms with Crippen LogP contribution in [-0.2, 0) is 0 Å². The number of nitrogens with one attached hydrogen (secondary N) is 1. The van der Waals surface area contributed by atoms with E-state index in [0.29, 0.717) is 0 Å². The first-order valence-electron chi connectivity index (χ1n) is 5.68. The molecule has 108 valence electrons.